The summed E-state index contributed by atoms with van der Waals surface area (Å²) in [6.45, 7) is -0.101. The lowest BCUT2D eigenvalue weighted by atomic mass is 10.2. The van der Waals surface area contributed by atoms with E-state index in [1.807, 2.05) is 0 Å². The number of carbonyl (C=O) groups is 2. The molecular weight excluding hydrogens is 375 g/mol. The molecule has 0 saturated heterocycles. The fourth-order valence-electron chi connectivity index (χ4n) is 2.15. The predicted molar refractivity (Wildman–Crippen MR) is 105 cm³/mol. The van der Waals surface area contributed by atoms with Crippen molar-refractivity contribution in [2.24, 2.45) is 0 Å². The van der Waals surface area contributed by atoms with E-state index in [0.717, 1.165) is 0 Å². The number of carbonyl (C=O) groups excluding carboxylic acids is 2. The summed E-state index contributed by atoms with van der Waals surface area (Å²) in [5, 5.41) is 3.60. The lowest BCUT2D eigenvalue weighted by molar-refractivity contribution is -0.129. The second kappa shape index (κ2) is 9.27. The molecule has 0 spiro atoms. The monoisotopic (exact) mass is 392 g/mol. The van der Waals surface area contributed by atoms with E-state index in [-0.39, 0.29) is 18.4 Å². The van der Waals surface area contributed by atoms with Gasteiger partial charge in [0, 0.05) is 40.5 Å². The van der Waals surface area contributed by atoms with Crippen LogP contribution in [-0.4, -0.2) is 37.4 Å². The number of hydrogen-bond acceptors (Lipinski definition) is 3. The molecule has 0 fully saturated rings. The van der Waals surface area contributed by atoms with Crippen molar-refractivity contribution in [2.45, 2.75) is 0 Å². The highest BCUT2D eigenvalue weighted by atomic mass is 35.5. The summed E-state index contributed by atoms with van der Waals surface area (Å²) >= 11 is 12.1. The largest absolute Gasteiger partial charge is 0.497 e. The molecule has 0 aliphatic carbocycles. The molecule has 0 heterocycles. The van der Waals surface area contributed by atoms with Crippen LogP contribution in [-0.2, 0) is 9.59 Å². The van der Waals surface area contributed by atoms with Crippen LogP contribution in [0.3, 0.4) is 0 Å². The number of anilines is 1. The fourth-order valence-corrected chi connectivity index (χ4v) is 2.67. The molecule has 2 aromatic rings. The van der Waals surface area contributed by atoms with Gasteiger partial charge in [0.05, 0.1) is 13.7 Å². The number of likely N-dealkylation sites (N-methyl/N-ethyl adjacent to an activating group) is 1. The minimum absolute atomic E-state index is 0.101. The Labute approximate surface area is 162 Å². The Kier molecular flexibility index (Phi) is 7.06. The molecule has 0 saturated carbocycles. The van der Waals surface area contributed by atoms with Crippen molar-refractivity contribution in [3.63, 3.8) is 0 Å². The Morgan fingerprint density at radius 1 is 1.15 bits per heavy atom. The molecule has 0 aliphatic rings. The number of halogens is 2. The maximum Gasteiger partial charge on any atom is 0.246 e. The summed E-state index contributed by atoms with van der Waals surface area (Å²) in [6, 6.07) is 12.1. The molecule has 136 valence electrons. The lowest BCUT2D eigenvalue weighted by Crippen LogP contribution is -2.33. The highest BCUT2D eigenvalue weighted by molar-refractivity contribution is 6.37. The number of benzene rings is 2. The maximum atomic E-state index is 12.2. The summed E-state index contributed by atoms with van der Waals surface area (Å²) in [5.41, 5.74) is 1.15. The fraction of sp³-hybridized carbons (Fsp3) is 0.158. The molecule has 0 aliphatic heterocycles. The van der Waals surface area contributed by atoms with Gasteiger partial charge in [0.25, 0.3) is 0 Å². The van der Waals surface area contributed by atoms with Crippen LogP contribution < -0.4 is 10.1 Å². The number of rotatable bonds is 6. The van der Waals surface area contributed by atoms with E-state index in [0.29, 0.717) is 27.0 Å². The Bertz CT molecular complexity index is 817. The molecule has 0 bridgehead atoms. The van der Waals surface area contributed by atoms with Crippen molar-refractivity contribution >= 4 is 46.8 Å². The van der Waals surface area contributed by atoms with Gasteiger partial charge in [0.15, 0.2) is 0 Å². The quantitative estimate of drug-likeness (QED) is 0.752. The number of nitrogens with one attached hydrogen (secondary N) is 1. The van der Waals surface area contributed by atoms with Gasteiger partial charge in [-0.1, -0.05) is 35.3 Å². The van der Waals surface area contributed by atoms with Gasteiger partial charge in [-0.15, -0.1) is 0 Å². The van der Waals surface area contributed by atoms with Crippen LogP contribution in [0.4, 0.5) is 5.69 Å². The van der Waals surface area contributed by atoms with E-state index in [2.05, 4.69) is 5.32 Å². The summed E-state index contributed by atoms with van der Waals surface area (Å²) in [7, 11) is 3.08. The molecule has 26 heavy (non-hydrogen) atoms. The minimum atomic E-state index is -0.346. The van der Waals surface area contributed by atoms with Crippen LogP contribution in [0.25, 0.3) is 6.08 Å². The zero-order chi connectivity index (χ0) is 19.1. The van der Waals surface area contributed by atoms with Gasteiger partial charge in [0.1, 0.15) is 5.75 Å². The molecule has 7 heteroatoms. The number of methoxy groups -OCH3 is 1. The van der Waals surface area contributed by atoms with Gasteiger partial charge >= 0.3 is 0 Å². The summed E-state index contributed by atoms with van der Waals surface area (Å²) in [4.78, 5) is 25.6. The SMILES string of the molecule is COc1cccc(NC(=O)CN(C)C(=O)/C=C/c2c(Cl)cccc2Cl)c1. The van der Waals surface area contributed by atoms with Crippen LogP contribution in [0.5, 0.6) is 5.75 Å². The van der Waals surface area contributed by atoms with E-state index >= 15 is 0 Å². The third kappa shape index (κ3) is 5.51. The number of ether oxygens (including phenoxy) is 1. The highest BCUT2D eigenvalue weighted by Crippen LogP contribution is 2.25. The van der Waals surface area contributed by atoms with Crippen LogP contribution in [0.1, 0.15) is 5.56 Å². The average Bonchev–Trinajstić information content (AvgIpc) is 2.61. The number of nitrogens with zero attached hydrogens (tertiary/aromatic N) is 1. The Balaban J connectivity index is 1.95. The third-order valence-electron chi connectivity index (χ3n) is 3.50. The van der Waals surface area contributed by atoms with E-state index < -0.39 is 0 Å². The first-order valence-corrected chi connectivity index (χ1v) is 8.47. The molecule has 2 rings (SSSR count). The number of amides is 2. The van der Waals surface area contributed by atoms with E-state index in [4.69, 9.17) is 27.9 Å². The van der Waals surface area contributed by atoms with Crippen molar-refractivity contribution in [1.82, 2.24) is 4.90 Å². The van der Waals surface area contributed by atoms with Crippen LogP contribution in [0.15, 0.2) is 48.5 Å². The topological polar surface area (TPSA) is 58.6 Å². The zero-order valence-corrected chi connectivity index (χ0v) is 15.8. The molecule has 0 atom stereocenters. The summed E-state index contributed by atoms with van der Waals surface area (Å²) in [5.74, 6) is -0.0353. The smallest absolute Gasteiger partial charge is 0.246 e. The minimum Gasteiger partial charge on any atom is -0.497 e. The lowest BCUT2D eigenvalue weighted by Gasteiger charge is -2.15. The molecule has 2 aromatic carbocycles. The van der Waals surface area contributed by atoms with E-state index in [1.165, 1.54) is 24.1 Å². The van der Waals surface area contributed by atoms with Gasteiger partial charge in [-0.05, 0) is 30.3 Å². The normalized spacial score (nSPS) is 10.6. The summed E-state index contributed by atoms with van der Waals surface area (Å²) < 4.78 is 5.10. The summed E-state index contributed by atoms with van der Waals surface area (Å²) in [6.07, 6.45) is 2.86. The van der Waals surface area contributed by atoms with Gasteiger partial charge in [-0.25, -0.2) is 0 Å². The van der Waals surface area contributed by atoms with Crippen LogP contribution >= 0.6 is 23.2 Å². The highest BCUT2D eigenvalue weighted by Gasteiger charge is 2.11. The molecule has 0 radical (unpaired) electrons. The van der Waals surface area contributed by atoms with Crippen molar-refractivity contribution in [3.05, 3.63) is 64.1 Å². The Hall–Kier alpha value is -2.50. The zero-order valence-electron chi connectivity index (χ0n) is 14.3. The van der Waals surface area contributed by atoms with E-state index in [1.54, 1.807) is 49.6 Å². The third-order valence-corrected chi connectivity index (χ3v) is 4.16. The average molecular weight is 393 g/mol. The second-order valence-corrected chi connectivity index (χ2v) is 6.26. The molecule has 0 unspecified atom stereocenters. The predicted octanol–water partition coefficient (Wildman–Crippen LogP) is 4.11. The van der Waals surface area contributed by atoms with Gasteiger partial charge in [-0.3, -0.25) is 9.59 Å². The first-order chi connectivity index (χ1) is 12.4. The standard InChI is InChI=1S/C19H18Cl2N2O3/c1-23(12-18(24)22-13-5-3-6-14(11-13)26-2)19(25)10-9-15-16(20)7-4-8-17(15)21/h3-11H,12H2,1-2H3,(H,22,24)/b10-9+. The van der Waals surface area contributed by atoms with Crippen molar-refractivity contribution in [2.75, 3.05) is 26.0 Å². The molecule has 2 amide bonds. The van der Waals surface area contributed by atoms with Crippen molar-refractivity contribution in [3.8, 4) is 5.75 Å². The molecule has 5 nitrogen and oxygen atoms in total. The van der Waals surface area contributed by atoms with Crippen molar-refractivity contribution < 1.29 is 14.3 Å². The first-order valence-electron chi connectivity index (χ1n) is 7.72. The molecule has 1 N–H and O–H groups in total. The first kappa shape index (κ1) is 19.8. The Morgan fingerprint density at radius 3 is 2.46 bits per heavy atom. The van der Waals surface area contributed by atoms with Gasteiger partial charge < -0.3 is 15.0 Å². The second-order valence-electron chi connectivity index (χ2n) is 5.44. The molecule has 0 aromatic heterocycles. The molecular formula is C19H18Cl2N2O3. The maximum absolute atomic E-state index is 12.2. The number of hydrogen-bond donors (Lipinski definition) is 1. The van der Waals surface area contributed by atoms with Gasteiger partial charge in [-0.2, -0.15) is 0 Å². The van der Waals surface area contributed by atoms with Crippen LogP contribution in [0.2, 0.25) is 10.0 Å². The van der Waals surface area contributed by atoms with Crippen LogP contribution in [0, 0.1) is 0 Å². The Morgan fingerprint density at radius 2 is 1.81 bits per heavy atom. The van der Waals surface area contributed by atoms with Crippen molar-refractivity contribution in [1.29, 1.82) is 0 Å². The van der Waals surface area contributed by atoms with Gasteiger partial charge in [0.2, 0.25) is 11.8 Å². The van der Waals surface area contributed by atoms with E-state index in [9.17, 15) is 9.59 Å².